The first-order valence-corrected chi connectivity index (χ1v) is 12.6. The summed E-state index contributed by atoms with van der Waals surface area (Å²) in [6.07, 6.45) is 0. The molecule has 0 aliphatic carbocycles. The van der Waals surface area contributed by atoms with Gasteiger partial charge in [-0.15, -0.1) is 10.2 Å². The number of anilines is 1. The van der Waals surface area contributed by atoms with Crippen molar-refractivity contribution in [2.24, 2.45) is 0 Å². The van der Waals surface area contributed by atoms with Gasteiger partial charge >= 0.3 is 0 Å². The zero-order chi connectivity index (χ0) is 24.2. The van der Waals surface area contributed by atoms with Crippen LogP contribution in [-0.4, -0.2) is 70.9 Å². The summed E-state index contributed by atoms with van der Waals surface area (Å²) in [6, 6.07) is 10.4. The lowest BCUT2D eigenvalue weighted by atomic mass is 10.2. The van der Waals surface area contributed by atoms with E-state index in [9.17, 15) is 4.79 Å². The van der Waals surface area contributed by atoms with E-state index in [4.69, 9.17) is 9.47 Å². The Balaban J connectivity index is 1.59. The molecule has 9 heteroatoms. The minimum atomic E-state index is 0.0840. The molecule has 182 valence electrons. The van der Waals surface area contributed by atoms with E-state index >= 15 is 0 Å². The number of thioether (sulfide) groups is 1. The highest BCUT2D eigenvalue weighted by atomic mass is 32.2. The Bertz CT molecular complexity index is 1150. The number of Topliss-reactive ketones (excluding diaryl/α,β-unsaturated/α-hetero) is 1. The Labute approximate surface area is 205 Å². The zero-order valence-electron chi connectivity index (χ0n) is 20.6. The normalized spacial score (nSPS) is 15.0. The standard InChI is InChI=1S/C25H33N5O3S/c1-17-7-6-8-21(13-17)30-24(28-9-11-33-12-10-28)26-27-25(30)34-16-23(31)22-14-18(2)29(20(22)4)19(3)15-32-5/h6-8,13-14,19H,9-12,15-16H2,1-5H3. The predicted molar refractivity (Wildman–Crippen MR) is 135 cm³/mol. The molecule has 1 unspecified atom stereocenters. The summed E-state index contributed by atoms with van der Waals surface area (Å²) in [5.74, 6) is 1.16. The number of hydrogen-bond donors (Lipinski definition) is 0. The summed E-state index contributed by atoms with van der Waals surface area (Å²) in [4.78, 5) is 15.4. The average molecular weight is 484 g/mol. The number of nitrogens with zero attached hydrogens (tertiary/aromatic N) is 5. The first kappa shape index (κ1) is 24.5. The van der Waals surface area contributed by atoms with Gasteiger partial charge in [-0.05, 0) is 51.5 Å². The van der Waals surface area contributed by atoms with Crippen molar-refractivity contribution >= 4 is 23.5 Å². The van der Waals surface area contributed by atoms with Crippen LogP contribution in [0.3, 0.4) is 0 Å². The Kier molecular flexibility index (Phi) is 7.75. The largest absolute Gasteiger partial charge is 0.383 e. The Morgan fingerprint density at radius 3 is 2.65 bits per heavy atom. The lowest BCUT2D eigenvalue weighted by Crippen LogP contribution is -2.37. The van der Waals surface area contributed by atoms with Crippen LogP contribution in [0, 0.1) is 20.8 Å². The maximum atomic E-state index is 13.2. The molecule has 1 atom stereocenters. The number of rotatable bonds is 9. The molecule has 1 aliphatic rings. The summed E-state index contributed by atoms with van der Waals surface area (Å²) >= 11 is 1.43. The van der Waals surface area contributed by atoms with Crippen LogP contribution in [0.2, 0.25) is 0 Å². The molecule has 0 N–H and O–H groups in total. The molecule has 0 amide bonds. The fraction of sp³-hybridized carbons (Fsp3) is 0.480. The van der Waals surface area contributed by atoms with Crippen molar-refractivity contribution in [1.82, 2.24) is 19.3 Å². The average Bonchev–Trinajstić information content (AvgIpc) is 3.38. The van der Waals surface area contributed by atoms with Crippen molar-refractivity contribution in [3.05, 3.63) is 52.8 Å². The molecule has 3 heterocycles. The molecule has 0 spiro atoms. The minimum absolute atomic E-state index is 0.0840. The molecule has 34 heavy (non-hydrogen) atoms. The van der Waals surface area contributed by atoms with E-state index in [1.807, 2.05) is 26.0 Å². The van der Waals surface area contributed by atoms with Crippen LogP contribution >= 0.6 is 11.8 Å². The van der Waals surface area contributed by atoms with Crippen molar-refractivity contribution in [2.75, 3.05) is 50.7 Å². The van der Waals surface area contributed by atoms with Gasteiger partial charge in [-0.25, -0.2) is 0 Å². The van der Waals surface area contributed by atoms with Gasteiger partial charge in [0.15, 0.2) is 10.9 Å². The van der Waals surface area contributed by atoms with Crippen LogP contribution in [0.5, 0.6) is 0 Å². The first-order valence-electron chi connectivity index (χ1n) is 11.6. The number of hydrogen-bond acceptors (Lipinski definition) is 7. The van der Waals surface area contributed by atoms with Gasteiger partial charge in [0.2, 0.25) is 5.95 Å². The van der Waals surface area contributed by atoms with Gasteiger partial charge in [-0.1, -0.05) is 23.9 Å². The molecule has 1 fully saturated rings. The number of aromatic nitrogens is 4. The second-order valence-electron chi connectivity index (χ2n) is 8.73. The lowest BCUT2D eigenvalue weighted by Gasteiger charge is -2.28. The molecule has 0 bridgehead atoms. The number of carbonyl (C=O) groups is 1. The molecular formula is C25H33N5O3S. The summed E-state index contributed by atoms with van der Waals surface area (Å²) in [7, 11) is 1.70. The first-order chi connectivity index (χ1) is 16.4. The van der Waals surface area contributed by atoms with Crippen molar-refractivity contribution < 1.29 is 14.3 Å². The number of carbonyl (C=O) groups excluding carboxylic acids is 1. The minimum Gasteiger partial charge on any atom is -0.383 e. The molecule has 1 aromatic carbocycles. The van der Waals surface area contributed by atoms with E-state index in [-0.39, 0.29) is 17.6 Å². The van der Waals surface area contributed by atoms with Crippen LogP contribution in [0.4, 0.5) is 5.95 Å². The summed E-state index contributed by atoms with van der Waals surface area (Å²) in [5.41, 5.74) is 4.94. The maximum absolute atomic E-state index is 13.2. The molecule has 0 saturated carbocycles. The van der Waals surface area contributed by atoms with Crippen LogP contribution in [0.15, 0.2) is 35.5 Å². The zero-order valence-corrected chi connectivity index (χ0v) is 21.4. The van der Waals surface area contributed by atoms with Crippen molar-refractivity contribution in [1.29, 1.82) is 0 Å². The van der Waals surface area contributed by atoms with E-state index in [1.54, 1.807) is 7.11 Å². The van der Waals surface area contributed by atoms with Crippen LogP contribution in [0.1, 0.15) is 40.3 Å². The Hall–Kier alpha value is -2.62. The molecule has 2 aromatic heterocycles. The van der Waals surface area contributed by atoms with Gasteiger partial charge in [0.1, 0.15) is 0 Å². The third-order valence-corrected chi connectivity index (χ3v) is 7.06. The van der Waals surface area contributed by atoms with E-state index in [0.29, 0.717) is 25.0 Å². The number of morpholine rings is 1. The van der Waals surface area contributed by atoms with E-state index in [2.05, 4.69) is 56.3 Å². The van der Waals surface area contributed by atoms with Gasteiger partial charge in [0.25, 0.3) is 0 Å². The van der Waals surface area contributed by atoms with Crippen molar-refractivity contribution in [3.8, 4) is 5.69 Å². The molecule has 1 saturated heterocycles. The third-order valence-electron chi connectivity index (χ3n) is 6.14. The number of aryl methyl sites for hydroxylation is 2. The van der Waals surface area contributed by atoms with Gasteiger partial charge in [-0.2, -0.15) is 0 Å². The fourth-order valence-corrected chi connectivity index (χ4v) is 5.41. The summed E-state index contributed by atoms with van der Waals surface area (Å²) in [5, 5.41) is 9.70. The maximum Gasteiger partial charge on any atom is 0.232 e. The van der Waals surface area contributed by atoms with E-state index in [0.717, 1.165) is 47.2 Å². The Morgan fingerprint density at radius 1 is 1.18 bits per heavy atom. The monoisotopic (exact) mass is 483 g/mol. The number of benzene rings is 1. The molecular weight excluding hydrogens is 450 g/mol. The second-order valence-corrected chi connectivity index (χ2v) is 9.67. The van der Waals surface area contributed by atoms with Gasteiger partial charge in [0.05, 0.1) is 37.3 Å². The third kappa shape index (κ3) is 5.06. The topological polar surface area (TPSA) is 74.4 Å². The highest BCUT2D eigenvalue weighted by molar-refractivity contribution is 7.99. The summed E-state index contributed by atoms with van der Waals surface area (Å²) in [6.45, 7) is 11.7. The van der Waals surface area contributed by atoms with E-state index in [1.165, 1.54) is 11.8 Å². The Morgan fingerprint density at radius 2 is 1.94 bits per heavy atom. The molecule has 1 aliphatic heterocycles. The lowest BCUT2D eigenvalue weighted by molar-refractivity contribution is 0.102. The molecule has 0 radical (unpaired) electrons. The molecule has 4 rings (SSSR count). The number of methoxy groups -OCH3 is 1. The quantitative estimate of drug-likeness (QED) is 0.336. The molecule has 8 nitrogen and oxygen atoms in total. The highest BCUT2D eigenvalue weighted by Crippen LogP contribution is 2.29. The van der Waals surface area contributed by atoms with Gasteiger partial charge < -0.3 is 18.9 Å². The number of ketones is 1. The smallest absolute Gasteiger partial charge is 0.232 e. The fourth-order valence-electron chi connectivity index (χ4n) is 4.58. The van der Waals surface area contributed by atoms with Crippen LogP contribution < -0.4 is 4.90 Å². The van der Waals surface area contributed by atoms with Crippen LogP contribution in [0.25, 0.3) is 5.69 Å². The summed E-state index contributed by atoms with van der Waals surface area (Å²) < 4.78 is 15.1. The van der Waals surface area contributed by atoms with Gasteiger partial charge in [-0.3, -0.25) is 9.36 Å². The highest BCUT2D eigenvalue weighted by Gasteiger charge is 2.24. The SMILES string of the molecule is COCC(C)n1c(C)cc(C(=O)CSc2nnc(N3CCOCC3)n2-c2cccc(C)c2)c1C. The second kappa shape index (κ2) is 10.8. The predicted octanol–water partition coefficient (Wildman–Crippen LogP) is 4.01. The number of ether oxygens (including phenoxy) is 2. The van der Waals surface area contributed by atoms with E-state index < -0.39 is 0 Å². The van der Waals surface area contributed by atoms with Crippen LogP contribution in [-0.2, 0) is 9.47 Å². The molecule has 3 aromatic rings. The van der Waals surface area contributed by atoms with Gasteiger partial charge in [0, 0.05) is 37.2 Å². The van der Waals surface area contributed by atoms with Crippen molar-refractivity contribution in [3.63, 3.8) is 0 Å². The van der Waals surface area contributed by atoms with Crippen molar-refractivity contribution in [2.45, 2.75) is 38.9 Å².